The minimum atomic E-state index is 0.231. The number of hydrogen-bond acceptors (Lipinski definition) is 6. The van der Waals surface area contributed by atoms with E-state index in [0.29, 0.717) is 0 Å². The molecule has 3 aromatic rings. The fraction of sp³-hybridized carbons (Fsp3) is 0. The van der Waals surface area contributed by atoms with Crippen molar-refractivity contribution in [3.63, 3.8) is 0 Å². The largest absolute Gasteiger partial charge is 0.359 e. The first-order valence-corrected chi connectivity index (χ1v) is 6.97. The van der Waals surface area contributed by atoms with E-state index in [4.69, 9.17) is 5.26 Å². The van der Waals surface area contributed by atoms with Gasteiger partial charge in [0.2, 0.25) is 5.82 Å². The molecule has 22 heavy (non-hydrogen) atoms. The maximum Gasteiger partial charge on any atom is 0.216 e. The van der Waals surface area contributed by atoms with Crippen molar-refractivity contribution in [3.8, 4) is 11.8 Å². The zero-order valence-corrected chi connectivity index (χ0v) is 12.7. The molecule has 0 radical (unpaired) electrons. The molecule has 1 aromatic carbocycles. The Morgan fingerprint density at radius 1 is 1.41 bits per heavy atom. The van der Waals surface area contributed by atoms with Gasteiger partial charge in [-0.2, -0.15) is 15.6 Å². The van der Waals surface area contributed by atoms with E-state index < -0.39 is 0 Å². The number of nitrogens with zero attached hydrogens (tertiary/aromatic N) is 6. The van der Waals surface area contributed by atoms with Crippen LogP contribution in [-0.4, -0.2) is 30.4 Å². The maximum absolute atomic E-state index is 9.16. The zero-order valence-electron chi connectivity index (χ0n) is 11.1. The molecule has 9 heteroatoms. The van der Waals surface area contributed by atoms with Crippen molar-refractivity contribution in [3.05, 3.63) is 53.2 Å². The highest BCUT2D eigenvalue weighted by Crippen LogP contribution is 2.21. The Morgan fingerprint density at radius 2 is 2.27 bits per heavy atom. The number of nitrogens with one attached hydrogen (secondary N) is 2. The lowest BCUT2D eigenvalue weighted by Crippen LogP contribution is -2.00. The molecule has 0 saturated heterocycles. The number of H-pyrrole nitrogens is 1. The molecule has 0 spiro atoms. The number of aromatic amines is 1. The van der Waals surface area contributed by atoms with Gasteiger partial charge in [0.15, 0.2) is 0 Å². The Labute approximate surface area is 133 Å². The molecule has 0 fully saturated rings. The Kier molecular flexibility index (Phi) is 3.93. The topological polar surface area (TPSA) is 108 Å². The number of rotatable bonds is 4. The van der Waals surface area contributed by atoms with E-state index in [-0.39, 0.29) is 11.4 Å². The normalized spacial score (nSPS) is 11.2. The van der Waals surface area contributed by atoms with Crippen molar-refractivity contribution in [1.82, 2.24) is 30.4 Å². The third-order valence-corrected chi connectivity index (χ3v) is 3.19. The summed E-state index contributed by atoms with van der Waals surface area (Å²) in [5.41, 5.74) is 1.90. The number of anilines is 1. The first kappa shape index (κ1) is 14.0. The van der Waals surface area contributed by atoms with Crippen LogP contribution in [0.25, 0.3) is 11.3 Å². The van der Waals surface area contributed by atoms with Gasteiger partial charge >= 0.3 is 0 Å². The Morgan fingerprint density at radius 3 is 2.95 bits per heavy atom. The van der Waals surface area contributed by atoms with E-state index >= 15 is 0 Å². The first-order valence-electron chi connectivity index (χ1n) is 6.18. The number of benzene rings is 1. The Bertz CT molecular complexity index is 843. The molecule has 108 valence electrons. The summed E-state index contributed by atoms with van der Waals surface area (Å²) in [4.78, 5) is 0. The Balaban J connectivity index is 1.92. The van der Waals surface area contributed by atoms with Gasteiger partial charge in [0.1, 0.15) is 11.6 Å². The molecular formula is C13H9BrN8. The lowest BCUT2D eigenvalue weighted by atomic mass is 10.2. The third-order valence-electron chi connectivity index (χ3n) is 2.78. The number of aromatic nitrogens is 6. The van der Waals surface area contributed by atoms with Crippen LogP contribution in [0.1, 0.15) is 5.82 Å². The van der Waals surface area contributed by atoms with Crippen LogP contribution in [0.4, 0.5) is 5.69 Å². The maximum atomic E-state index is 9.16. The van der Waals surface area contributed by atoms with E-state index in [1.807, 2.05) is 36.5 Å². The number of halogens is 1. The highest BCUT2D eigenvalue weighted by molar-refractivity contribution is 9.10. The molecule has 0 unspecified atom stereocenters. The van der Waals surface area contributed by atoms with Crippen LogP contribution in [0.2, 0.25) is 0 Å². The number of allylic oxidation sites excluding steroid dienone is 1. The Hall–Kier alpha value is -2.99. The summed E-state index contributed by atoms with van der Waals surface area (Å²) in [6.45, 7) is 0. The van der Waals surface area contributed by atoms with Gasteiger partial charge in [0.05, 0.1) is 22.0 Å². The third kappa shape index (κ3) is 2.87. The summed E-state index contributed by atoms with van der Waals surface area (Å²) in [5, 5.41) is 29.8. The van der Waals surface area contributed by atoms with Gasteiger partial charge in [-0.25, -0.2) is 4.68 Å². The van der Waals surface area contributed by atoms with Crippen molar-refractivity contribution >= 4 is 27.2 Å². The van der Waals surface area contributed by atoms with Crippen LogP contribution >= 0.6 is 15.9 Å². The smallest absolute Gasteiger partial charge is 0.216 e. The highest BCUT2D eigenvalue weighted by atomic mass is 79.9. The molecule has 0 aliphatic heterocycles. The van der Waals surface area contributed by atoms with Gasteiger partial charge in [-0.05, 0) is 33.3 Å². The van der Waals surface area contributed by atoms with Gasteiger partial charge in [-0.15, -0.1) is 10.2 Å². The molecule has 0 amide bonds. The molecule has 3 rings (SSSR count). The quantitative estimate of drug-likeness (QED) is 0.693. The van der Waals surface area contributed by atoms with Crippen LogP contribution in [0.3, 0.4) is 0 Å². The van der Waals surface area contributed by atoms with Gasteiger partial charge in [-0.1, -0.05) is 12.1 Å². The van der Waals surface area contributed by atoms with E-state index in [2.05, 4.69) is 47.0 Å². The summed E-state index contributed by atoms with van der Waals surface area (Å²) in [7, 11) is 0. The van der Waals surface area contributed by atoms with Gasteiger partial charge in [0, 0.05) is 12.4 Å². The summed E-state index contributed by atoms with van der Waals surface area (Å²) >= 11 is 3.37. The minimum Gasteiger partial charge on any atom is -0.359 e. The van der Waals surface area contributed by atoms with E-state index in [9.17, 15) is 0 Å². The predicted molar refractivity (Wildman–Crippen MR) is 82.7 cm³/mol. The molecule has 2 aromatic heterocycles. The lowest BCUT2D eigenvalue weighted by molar-refractivity contribution is 0.881. The monoisotopic (exact) mass is 356 g/mol. The van der Waals surface area contributed by atoms with Crippen molar-refractivity contribution in [1.29, 1.82) is 5.26 Å². The average Bonchev–Trinajstić information content (AvgIpc) is 3.20. The number of para-hydroxylation sites is 2. The molecule has 0 saturated carbocycles. The first-order chi connectivity index (χ1) is 10.8. The fourth-order valence-electron chi connectivity index (χ4n) is 1.80. The van der Waals surface area contributed by atoms with Crippen LogP contribution in [-0.2, 0) is 0 Å². The van der Waals surface area contributed by atoms with Crippen LogP contribution in [0.15, 0.2) is 47.3 Å². The summed E-state index contributed by atoms with van der Waals surface area (Å²) in [6.07, 6.45) is 5.07. The van der Waals surface area contributed by atoms with E-state index in [1.165, 1.54) is 6.20 Å². The number of tetrazole rings is 1. The molecule has 0 bridgehead atoms. The van der Waals surface area contributed by atoms with Crippen molar-refractivity contribution in [2.45, 2.75) is 0 Å². The van der Waals surface area contributed by atoms with E-state index in [0.717, 1.165) is 15.8 Å². The van der Waals surface area contributed by atoms with Crippen molar-refractivity contribution in [2.24, 2.45) is 0 Å². The lowest BCUT2D eigenvalue weighted by Gasteiger charge is -2.09. The van der Waals surface area contributed by atoms with Crippen LogP contribution in [0, 0.1) is 11.3 Å². The number of nitriles is 1. The molecule has 2 heterocycles. The summed E-state index contributed by atoms with van der Waals surface area (Å²) in [5.74, 6) is 0.231. The second-order valence-corrected chi connectivity index (χ2v) is 5.09. The average molecular weight is 357 g/mol. The van der Waals surface area contributed by atoms with Gasteiger partial charge in [0.25, 0.3) is 0 Å². The second kappa shape index (κ2) is 6.19. The summed E-state index contributed by atoms with van der Waals surface area (Å²) in [6, 6.07) is 9.61. The second-order valence-electron chi connectivity index (χ2n) is 4.17. The van der Waals surface area contributed by atoms with E-state index in [1.54, 1.807) is 10.9 Å². The predicted octanol–water partition coefficient (Wildman–Crippen LogP) is 2.12. The molecule has 8 nitrogen and oxygen atoms in total. The molecule has 2 N–H and O–H groups in total. The SMILES string of the molecule is N#CC(=CNc1ccccc1-n1cc(Br)cn1)c1nn[nH]n1. The number of hydrogen-bond donors (Lipinski definition) is 2. The molecule has 0 atom stereocenters. The van der Waals surface area contributed by atoms with Gasteiger partial charge in [-0.3, -0.25) is 0 Å². The summed E-state index contributed by atoms with van der Waals surface area (Å²) < 4.78 is 2.60. The van der Waals surface area contributed by atoms with Crippen molar-refractivity contribution in [2.75, 3.05) is 5.32 Å². The molecule has 0 aliphatic carbocycles. The molecule has 0 aliphatic rings. The van der Waals surface area contributed by atoms with Gasteiger partial charge < -0.3 is 5.32 Å². The standard InChI is InChI=1S/C13H9BrN8/c14-10-7-17-22(8-10)12-4-2-1-3-11(12)16-6-9(5-15)13-18-20-21-19-13/h1-4,6-8,16H,(H,18,19,20,21). The van der Waals surface area contributed by atoms with Crippen LogP contribution < -0.4 is 5.32 Å². The molecular weight excluding hydrogens is 348 g/mol. The zero-order chi connectivity index (χ0) is 15.4. The minimum absolute atomic E-state index is 0.231. The highest BCUT2D eigenvalue weighted by Gasteiger charge is 2.08. The fourth-order valence-corrected chi connectivity index (χ4v) is 2.09. The van der Waals surface area contributed by atoms with Crippen LogP contribution in [0.5, 0.6) is 0 Å². The van der Waals surface area contributed by atoms with Crippen molar-refractivity contribution < 1.29 is 0 Å².